The van der Waals surface area contributed by atoms with Crippen LogP contribution in [-0.2, 0) is 0 Å². The van der Waals surface area contributed by atoms with Crippen molar-refractivity contribution in [3.8, 4) is 0 Å². The van der Waals surface area contributed by atoms with Crippen LogP contribution in [0.25, 0.3) is 10.9 Å². The summed E-state index contributed by atoms with van der Waals surface area (Å²) >= 11 is 9.26. The summed E-state index contributed by atoms with van der Waals surface area (Å²) in [5.74, 6) is -0.689. The van der Waals surface area contributed by atoms with Gasteiger partial charge in [0.2, 0.25) is 0 Å². The van der Waals surface area contributed by atoms with Crippen LogP contribution < -0.4 is 0 Å². The van der Waals surface area contributed by atoms with Gasteiger partial charge < -0.3 is 4.98 Å². The first-order chi connectivity index (χ1) is 9.58. The van der Waals surface area contributed by atoms with E-state index in [4.69, 9.17) is 11.6 Å². The van der Waals surface area contributed by atoms with Crippen molar-refractivity contribution < 1.29 is 9.18 Å². The minimum Gasteiger partial charge on any atom is -0.360 e. The van der Waals surface area contributed by atoms with Crippen LogP contribution in [-0.4, -0.2) is 10.8 Å². The Morgan fingerprint density at radius 3 is 2.80 bits per heavy atom. The number of ketones is 1. The normalized spacial score (nSPS) is 10.9. The predicted molar refractivity (Wildman–Crippen MR) is 80.8 cm³/mol. The van der Waals surface area contributed by atoms with Gasteiger partial charge in [0, 0.05) is 27.1 Å². The summed E-state index contributed by atoms with van der Waals surface area (Å²) in [6.45, 7) is 0. The minimum absolute atomic E-state index is 0.268. The molecule has 0 atom stereocenters. The van der Waals surface area contributed by atoms with Crippen LogP contribution >= 0.6 is 27.5 Å². The summed E-state index contributed by atoms with van der Waals surface area (Å²) < 4.78 is 14.6. The lowest BCUT2D eigenvalue weighted by molar-refractivity contribution is 0.104. The Morgan fingerprint density at radius 1 is 1.25 bits per heavy atom. The molecule has 0 aliphatic carbocycles. The number of hydrogen-bond acceptors (Lipinski definition) is 1. The van der Waals surface area contributed by atoms with Gasteiger partial charge in [0.25, 0.3) is 0 Å². The van der Waals surface area contributed by atoms with Crippen molar-refractivity contribution in [3.05, 3.63) is 69.0 Å². The van der Waals surface area contributed by atoms with Gasteiger partial charge in [-0.1, -0.05) is 17.7 Å². The molecule has 2 nitrogen and oxygen atoms in total. The van der Waals surface area contributed by atoms with Gasteiger partial charge >= 0.3 is 0 Å². The van der Waals surface area contributed by atoms with Gasteiger partial charge in [-0.05, 0) is 46.3 Å². The van der Waals surface area contributed by atoms with E-state index in [1.54, 1.807) is 30.3 Å². The fourth-order valence-electron chi connectivity index (χ4n) is 2.11. The van der Waals surface area contributed by atoms with E-state index in [-0.39, 0.29) is 5.78 Å². The van der Waals surface area contributed by atoms with E-state index in [1.165, 1.54) is 12.3 Å². The third-order valence-corrected chi connectivity index (χ3v) is 4.31. The third-order valence-electron chi connectivity index (χ3n) is 3.08. The van der Waals surface area contributed by atoms with Crippen LogP contribution in [0.4, 0.5) is 4.39 Å². The van der Waals surface area contributed by atoms with Crippen molar-refractivity contribution in [2.75, 3.05) is 0 Å². The fourth-order valence-corrected chi connectivity index (χ4v) is 2.54. The highest BCUT2D eigenvalue weighted by molar-refractivity contribution is 9.10. The molecule has 5 heteroatoms. The van der Waals surface area contributed by atoms with Crippen molar-refractivity contribution in [1.82, 2.24) is 4.98 Å². The van der Waals surface area contributed by atoms with Crippen LogP contribution in [0, 0.1) is 5.82 Å². The average molecular weight is 353 g/mol. The van der Waals surface area contributed by atoms with Gasteiger partial charge in [-0.3, -0.25) is 4.79 Å². The summed E-state index contributed by atoms with van der Waals surface area (Å²) in [4.78, 5) is 15.4. The molecule has 0 fully saturated rings. The Kier molecular flexibility index (Phi) is 3.36. The smallest absolute Gasteiger partial charge is 0.195 e. The van der Waals surface area contributed by atoms with Gasteiger partial charge in [0.1, 0.15) is 5.82 Å². The zero-order valence-electron chi connectivity index (χ0n) is 10.1. The molecule has 0 saturated heterocycles. The zero-order valence-corrected chi connectivity index (χ0v) is 12.4. The van der Waals surface area contributed by atoms with Gasteiger partial charge in [-0.25, -0.2) is 4.39 Å². The quantitative estimate of drug-likeness (QED) is 0.650. The average Bonchev–Trinajstić information content (AvgIpc) is 2.86. The number of benzene rings is 2. The maximum atomic E-state index is 13.9. The zero-order chi connectivity index (χ0) is 14.3. The summed E-state index contributed by atoms with van der Waals surface area (Å²) in [7, 11) is 0. The lowest BCUT2D eigenvalue weighted by Crippen LogP contribution is -2.01. The first-order valence-corrected chi connectivity index (χ1v) is 7.00. The lowest BCUT2D eigenvalue weighted by Gasteiger charge is -2.02. The number of fused-ring (bicyclic) bond motifs is 1. The third kappa shape index (κ3) is 2.15. The summed E-state index contributed by atoms with van der Waals surface area (Å²) in [6, 6.07) is 9.57. The molecule has 0 bridgehead atoms. The molecular formula is C15H8BrClFNO. The first kappa shape index (κ1) is 13.3. The molecule has 1 N–H and O–H groups in total. The van der Waals surface area contributed by atoms with Crippen LogP contribution in [0.5, 0.6) is 0 Å². The number of H-pyrrole nitrogens is 1. The number of carbonyl (C=O) groups excluding carboxylic acids is 1. The molecule has 100 valence electrons. The Balaban J connectivity index is 2.15. The van der Waals surface area contributed by atoms with Crippen molar-refractivity contribution >= 4 is 44.2 Å². The molecule has 1 heterocycles. The highest BCUT2D eigenvalue weighted by Crippen LogP contribution is 2.27. The summed E-state index contributed by atoms with van der Waals surface area (Å²) in [6.07, 6.45) is 1.52. The first-order valence-electron chi connectivity index (χ1n) is 5.83. The lowest BCUT2D eigenvalue weighted by atomic mass is 10.0. The van der Waals surface area contributed by atoms with Gasteiger partial charge in [-0.2, -0.15) is 0 Å². The van der Waals surface area contributed by atoms with E-state index in [2.05, 4.69) is 20.9 Å². The molecule has 20 heavy (non-hydrogen) atoms. The molecule has 0 saturated carbocycles. The second-order valence-electron chi connectivity index (χ2n) is 4.32. The molecule has 0 amide bonds. The Labute approximate surface area is 127 Å². The number of halogens is 3. The summed E-state index contributed by atoms with van der Waals surface area (Å²) in [5, 5.41) is 0.743. The van der Waals surface area contributed by atoms with Gasteiger partial charge in [0.15, 0.2) is 5.78 Å². The highest BCUT2D eigenvalue weighted by atomic mass is 79.9. The van der Waals surface area contributed by atoms with E-state index in [9.17, 15) is 9.18 Å². The van der Waals surface area contributed by atoms with Crippen LogP contribution in [0.15, 0.2) is 47.1 Å². The molecule has 3 rings (SSSR count). The maximum Gasteiger partial charge on any atom is 0.195 e. The van der Waals surface area contributed by atoms with Crippen LogP contribution in [0.1, 0.15) is 15.9 Å². The van der Waals surface area contributed by atoms with Crippen molar-refractivity contribution in [2.45, 2.75) is 0 Å². The van der Waals surface area contributed by atoms with Crippen molar-refractivity contribution in [3.63, 3.8) is 0 Å². The maximum absolute atomic E-state index is 13.9. The number of nitrogens with one attached hydrogen (secondary N) is 1. The standard InChI is InChI=1S/C15H8BrClFNO/c16-10-5-4-8(6-11(10)17)15(20)9-7-19-13-3-1-2-12(18)14(9)13/h1-7,19H. The van der Waals surface area contributed by atoms with Crippen LogP contribution in [0.2, 0.25) is 5.02 Å². The highest BCUT2D eigenvalue weighted by Gasteiger charge is 2.17. The minimum atomic E-state index is -0.421. The number of carbonyl (C=O) groups is 1. The Hall–Kier alpha value is -1.65. The molecule has 1 aromatic heterocycles. The molecule has 3 aromatic rings. The van der Waals surface area contributed by atoms with Crippen molar-refractivity contribution in [2.24, 2.45) is 0 Å². The van der Waals surface area contributed by atoms with E-state index < -0.39 is 5.82 Å². The van der Waals surface area contributed by atoms with Crippen LogP contribution in [0.3, 0.4) is 0 Å². The van der Waals surface area contributed by atoms with E-state index in [1.807, 2.05) is 0 Å². The number of aromatic amines is 1. The molecule has 0 aliphatic heterocycles. The topological polar surface area (TPSA) is 32.9 Å². The van der Waals surface area contributed by atoms with Crippen molar-refractivity contribution in [1.29, 1.82) is 0 Å². The molecule has 0 aliphatic rings. The number of aromatic nitrogens is 1. The van der Waals surface area contributed by atoms with E-state index in [0.29, 0.717) is 31.5 Å². The largest absolute Gasteiger partial charge is 0.360 e. The Morgan fingerprint density at radius 2 is 2.05 bits per heavy atom. The molecule has 0 spiro atoms. The second kappa shape index (κ2) is 5.04. The van der Waals surface area contributed by atoms with E-state index in [0.717, 1.165) is 0 Å². The predicted octanol–water partition coefficient (Wildman–Crippen LogP) is 4.95. The molecular weight excluding hydrogens is 345 g/mol. The molecule has 0 unspecified atom stereocenters. The van der Waals surface area contributed by atoms with E-state index >= 15 is 0 Å². The number of hydrogen-bond donors (Lipinski definition) is 1. The second-order valence-corrected chi connectivity index (χ2v) is 5.58. The Bertz CT molecular complexity index is 828. The molecule has 0 radical (unpaired) electrons. The number of rotatable bonds is 2. The molecule has 2 aromatic carbocycles. The monoisotopic (exact) mass is 351 g/mol. The fraction of sp³-hybridized carbons (Fsp3) is 0. The van der Waals surface area contributed by atoms with Gasteiger partial charge in [-0.15, -0.1) is 0 Å². The van der Waals surface area contributed by atoms with Gasteiger partial charge in [0.05, 0.1) is 10.6 Å². The SMILES string of the molecule is O=C(c1ccc(Br)c(Cl)c1)c1c[nH]c2cccc(F)c12. The summed E-state index contributed by atoms with van der Waals surface area (Å²) in [5.41, 5.74) is 1.32.